The molecule has 1 fully saturated rings. The number of amides is 1. The van der Waals surface area contributed by atoms with Crippen molar-refractivity contribution < 1.29 is 4.79 Å². The number of aryl methyl sites for hydroxylation is 1. The van der Waals surface area contributed by atoms with Crippen LogP contribution in [0, 0.1) is 0 Å². The van der Waals surface area contributed by atoms with Gasteiger partial charge in [0.05, 0.1) is 15.6 Å². The molecule has 2 heterocycles. The standard InChI is InChI=1S/C23H21Cl2N3OS/c1-3-15-6-5-7-17-16(11-20-22(29)28(4-2)23(30)26-20)13-27(21(15)17)12-14-8-9-18(24)19(25)10-14/h5-11,13H,3-4,12H2,1-2H3,(H,26,30)/b20-11-. The van der Waals surface area contributed by atoms with E-state index < -0.39 is 0 Å². The number of carbonyl (C=O) groups excluding carboxylic acids is 1. The smallest absolute Gasteiger partial charge is 0.276 e. The van der Waals surface area contributed by atoms with E-state index in [1.807, 2.05) is 31.2 Å². The zero-order chi connectivity index (χ0) is 21.4. The quantitative estimate of drug-likeness (QED) is 0.398. The summed E-state index contributed by atoms with van der Waals surface area (Å²) in [5.41, 5.74) is 4.92. The van der Waals surface area contributed by atoms with Gasteiger partial charge in [0.15, 0.2) is 5.11 Å². The second-order valence-corrected chi connectivity index (χ2v) is 8.37. The molecule has 154 valence electrons. The summed E-state index contributed by atoms with van der Waals surface area (Å²) in [4.78, 5) is 14.2. The van der Waals surface area contributed by atoms with Gasteiger partial charge in [-0.15, -0.1) is 0 Å². The fraction of sp³-hybridized carbons (Fsp3) is 0.217. The predicted molar refractivity (Wildman–Crippen MR) is 128 cm³/mol. The van der Waals surface area contributed by atoms with Crippen LogP contribution in [0.4, 0.5) is 0 Å². The second-order valence-electron chi connectivity index (χ2n) is 7.17. The molecule has 0 bridgehead atoms. The minimum Gasteiger partial charge on any atom is -0.342 e. The molecule has 1 aromatic heterocycles. The van der Waals surface area contributed by atoms with E-state index in [2.05, 4.69) is 41.2 Å². The van der Waals surface area contributed by atoms with Crippen molar-refractivity contribution in [2.24, 2.45) is 0 Å². The van der Waals surface area contributed by atoms with E-state index in [-0.39, 0.29) is 5.91 Å². The number of nitrogens with one attached hydrogen (secondary N) is 1. The Morgan fingerprint density at radius 1 is 1.13 bits per heavy atom. The summed E-state index contributed by atoms with van der Waals surface area (Å²) < 4.78 is 2.20. The molecule has 1 aliphatic heterocycles. The predicted octanol–water partition coefficient (Wildman–Crippen LogP) is 5.64. The number of likely N-dealkylation sites (N-methyl/N-ethyl adjacent to an activating group) is 1. The van der Waals surface area contributed by atoms with Gasteiger partial charge in [0, 0.05) is 30.2 Å². The lowest BCUT2D eigenvalue weighted by Gasteiger charge is -2.09. The van der Waals surface area contributed by atoms with Gasteiger partial charge in [0.2, 0.25) is 0 Å². The number of rotatable bonds is 5. The van der Waals surface area contributed by atoms with Crippen LogP contribution in [0.15, 0.2) is 48.3 Å². The van der Waals surface area contributed by atoms with Crippen molar-refractivity contribution >= 4 is 63.4 Å². The highest BCUT2D eigenvalue weighted by Crippen LogP contribution is 2.30. The lowest BCUT2D eigenvalue weighted by Crippen LogP contribution is -2.30. The first-order valence-electron chi connectivity index (χ1n) is 9.82. The third-order valence-corrected chi connectivity index (χ3v) is 6.37. The highest BCUT2D eigenvalue weighted by atomic mass is 35.5. The molecule has 2 aromatic carbocycles. The maximum Gasteiger partial charge on any atom is 0.276 e. The van der Waals surface area contributed by atoms with Crippen molar-refractivity contribution in [3.05, 3.63) is 75.0 Å². The van der Waals surface area contributed by atoms with Gasteiger partial charge in [-0.3, -0.25) is 9.69 Å². The number of carbonyl (C=O) groups is 1. The first-order chi connectivity index (χ1) is 14.4. The van der Waals surface area contributed by atoms with E-state index in [4.69, 9.17) is 35.4 Å². The summed E-state index contributed by atoms with van der Waals surface area (Å²) in [6, 6.07) is 12.0. The van der Waals surface area contributed by atoms with Crippen LogP contribution in [0.2, 0.25) is 10.0 Å². The summed E-state index contributed by atoms with van der Waals surface area (Å²) in [5, 5.41) is 5.67. The number of fused-ring (bicyclic) bond motifs is 1. The summed E-state index contributed by atoms with van der Waals surface area (Å²) >= 11 is 17.6. The Morgan fingerprint density at radius 3 is 2.60 bits per heavy atom. The summed E-state index contributed by atoms with van der Waals surface area (Å²) in [6.45, 7) is 5.24. The van der Waals surface area contributed by atoms with Crippen LogP contribution in [-0.2, 0) is 17.8 Å². The van der Waals surface area contributed by atoms with Gasteiger partial charge in [-0.1, -0.05) is 54.4 Å². The molecular weight excluding hydrogens is 437 g/mol. The van der Waals surface area contributed by atoms with Gasteiger partial charge in [-0.25, -0.2) is 0 Å². The average Bonchev–Trinajstić information content (AvgIpc) is 3.21. The van der Waals surface area contributed by atoms with E-state index in [9.17, 15) is 4.79 Å². The van der Waals surface area contributed by atoms with Gasteiger partial charge in [-0.2, -0.15) is 0 Å². The topological polar surface area (TPSA) is 37.3 Å². The largest absolute Gasteiger partial charge is 0.342 e. The molecule has 0 atom stereocenters. The zero-order valence-corrected chi connectivity index (χ0v) is 19.0. The molecule has 0 spiro atoms. The molecule has 1 N–H and O–H groups in total. The number of hydrogen-bond acceptors (Lipinski definition) is 2. The monoisotopic (exact) mass is 457 g/mol. The van der Waals surface area contributed by atoms with Crippen molar-refractivity contribution in [1.29, 1.82) is 0 Å². The van der Waals surface area contributed by atoms with Crippen molar-refractivity contribution in [2.45, 2.75) is 26.8 Å². The molecule has 3 aromatic rings. The zero-order valence-electron chi connectivity index (χ0n) is 16.7. The van der Waals surface area contributed by atoms with Crippen LogP contribution >= 0.6 is 35.4 Å². The Hall–Kier alpha value is -2.34. The number of halogens is 2. The normalized spacial score (nSPS) is 15.5. The fourth-order valence-corrected chi connectivity index (χ4v) is 4.48. The first-order valence-corrected chi connectivity index (χ1v) is 11.0. The number of thiocarbonyl (C=S) groups is 1. The summed E-state index contributed by atoms with van der Waals surface area (Å²) in [5.74, 6) is -0.0977. The molecule has 1 saturated heterocycles. The number of hydrogen-bond donors (Lipinski definition) is 1. The number of benzene rings is 2. The van der Waals surface area contributed by atoms with E-state index in [1.54, 1.807) is 4.90 Å². The molecule has 7 heteroatoms. The van der Waals surface area contributed by atoms with Gasteiger partial charge >= 0.3 is 0 Å². The van der Waals surface area contributed by atoms with Crippen molar-refractivity contribution in [3.8, 4) is 0 Å². The van der Waals surface area contributed by atoms with E-state index in [0.717, 1.165) is 28.5 Å². The van der Waals surface area contributed by atoms with Gasteiger partial charge in [0.25, 0.3) is 5.91 Å². The molecule has 0 saturated carbocycles. The second kappa shape index (κ2) is 8.42. The Labute approximate surface area is 191 Å². The maximum atomic E-state index is 12.7. The van der Waals surface area contributed by atoms with Crippen molar-refractivity contribution in [3.63, 3.8) is 0 Å². The number of aromatic nitrogens is 1. The lowest BCUT2D eigenvalue weighted by molar-refractivity contribution is -0.122. The molecule has 30 heavy (non-hydrogen) atoms. The number of nitrogens with zero attached hydrogens (tertiary/aromatic N) is 2. The van der Waals surface area contributed by atoms with Crippen molar-refractivity contribution in [2.75, 3.05) is 6.54 Å². The van der Waals surface area contributed by atoms with Gasteiger partial charge < -0.3 is 9.88 Å². The van der Waals surface area contributed by atoms with Gasteiger partial charge in [-0.05, 0) is 54.9 Å². The Balaban J connectivity index is 1.82. The molecule has 1 aliphatic rings. The Kier molecular flexibility index (Phi) is 5.87. The molecule has 4 nitrogen and oxygen atoms in total. The molecule has 0 aliphatic carbocycles. The fourth-order valence-electron chi connectivity index (χ4n) is 3.84. The summed E-state index contributed by atoms with van der Waals surface area (Å²) in [7, 11) is 0. The van der Waals surface area contributed by atoms with Crippen LogP contribution in [-0.4, -0.2) is 27.0 Å². The van der Waals surface area contributed by atoms with E-state index >= 15 is 0 Å². The lowest BCUT2D eigenvalue weighted by atomic mass is 10.1. The Morgan fingerprint density at radius 2 is 1.93 bits per heavy atom. The maximum absolute atomic E-state index is 12.7. The molecule has 0 unspecified atom stereocenters. The highest BCUT2D eigenvalue weighted by Gasteiger charge is 2.29. The average molecular weight is 458 g/mol. The van der Waals surface area contributed by atoms with Crippen LogP contribution in [0.5, 0.6) is 0 Å². The van der Waals surface area contributed by atoms with Crippen LogP contribution in [0.3, 0.4) is 0 Å². The van der Waals surface area contributed by atoms with Crippen LogP contribution in [0.25, 0.3) is 17.0 Å². The van der Waals surface area contributed by atoms with Crippen LogP contribution in [0.1, 0.15) is 30.5 Å². The van der Waals surface area contributed by atoms with E-state index in [1.165, 1.54) is 5.56 Å². The Bertz CT molecular complexity index is 1200. The SMILES string of the molecule is CCc1cccc2c(/C=C3\NC(=S)N(CC)C3=O)cn(Cc3ccc(Cl)c(Cl)c3)c12. The van der Waals surface area contributed by atoms with Crippen LogP contribution < -0.4 is 5.32 Å². The molecule has 1 amide bonds. The summed E-state index contributed by atoms with van der Waals surface area (Å²) in [6.07, 6.45) is 4.87. The minimum absolute atomic E-state index is 0.0977. The third kappa shape index (κ3) is 3.73. The minimum atomic E-state index is -0.0977. The third-order valence-electron chi connectivity index (χ3n) is 5.31. The first kappa shape index (κ1) is 20.9. The van der Waals surface area contributed by atoms with E-state index in [0.29, 0.717) is 33.9 Å². The molecule has 0 radical (unpaired) electrons. The molecule has 4 rings (SSSR count). The van der Waals surface area contributed by atoms with Gasteiger partial charge in [0.1, 0.15) is 5.70 Å². The highest BCUT2D eigenvalue weighted by molar-refractivity contribution is 7.80. The number of para-hydroxylation sites is 1. The molecular formula is C23H21Cl2N3OS. The van der Waals surface area contributed by atoms with Crippen molar-refractivity contribution in [1.82, 2.24) is 14.8 Å².